The van der Waals surface area contributed by atoms with Crippen molar-refractivity contribution in [1.29, 1.82) is 0 Å². The monoisotopic (exact) mass is 284 g/mol. The Bertz CT molecular complexity index is 573. The van der Waals surface area contributed by atoms with Gasteiger partial charge in [-0.2, -0.15) is 0 Å². The zero-order valence-electron chi connectivity index (χ0n) is 10.3. The van der Waals surface area contributed by atoms with Crippen molar-refractivity contribution >= 4 is 21.4 Å². The normalized spacial score (nSPS) is 21.0. The molecule has 0 bridgehead atoms. The standard InChI is InChI=1S/C11H16N4O3S/c12-15-10-7-13-4-3-9(10)11(16)14-6-8-2-1-5-19(8,17)18/h3-4,7-8,15H,1-2,5-6,12H2,(H,14,16). The maximum Gasteiger partial charge on any atom is 0.253 e. The molecule has 1 unspecified atom stereocenters. The molecule has 7 nitrogen and oxygen atoms in total. The number of sulfone groups is 1. The predicted molar refractivity (Wildman–Crippen MR) is 71.2 cm³/mol. The number of hydrogen-bond donors (Lipinski definition) is 3. The van der Waals surface area contributed by atoms with Crippen LogP contribution in [0.3, 0.4) is 0 Å². The fourth-order valence-corrected chi connectivity index (χ4v) is 3.86. The Labute approximate surface area is 111 Å². The summed E-state index contributed by atoms with van der Waals surface area (Å²) in [5, 5.41) is 2.15. The smallest absolute Gasteiger partial charge is 0.253 e. The summed E-state index contributed by atoms with van der Waals surface area (Å²) in [6.45, 7) is 0.132. The van der Waals surface area contributed by atoms with E-state index in [4.69, 9.17) is 5.84 Å². The number of hydrogen-bond acceptors (Lipinski definition) is 6. The van der Waals surface area contributed by atoms with Gasteiger partial charge in [0.1, 0.15) is 0 Å². The summed E-state index contributed by atoms with van der Waals surface area (Å²) >= 11 is 0. The number of amides is 1. The molecule has 1 fully saturated rings. The maximum absolute atomic E-state index is 12.0. The van der Waals surface area contributed by atoms with Crippen molar-refractivity contribution in [2.45, 2.75) is 18.1 Å². The largest absolute Gasteiger partial charge is 0.351 e. The number of nitrogens with one attached hydrogen (secondary N) is 2. The third kappa shape index (κ3) is 3.02. The van der Waals surface area contributed by atoms with E-state index < -0.39 is 15.1 Å². The summed E-state index contributed by atoms with van der Waals surface area (Å²) < 4.78 is 23.3. The van der Waals surface area contributed by atoms with E-state index in [0.29, 0.717) is 24.1 Å². The summed E-state index contributed by atoms with van der Waals surface area (Å²) in [7, 11) is -3.05. The molecule has 8 heteroatoms. The van der Waals surface area contributed by atoms with E-state index in [-0.39, 0.29) is 18.2 Å². The van der Waals surface area contributed by atoms with Gasteiger partial charge in [-0.1, -0.05) is 0 Å². The number of nitrogens with zero attached hydrogens (tertiary/aromatic N) is 1. The molecule has 2 rings (SSSR count). The Morgan fingerprint density at radius 1 is 1.53 bits per heavy atom. The molecule has 1 atom stereocenters. The Hall–Kier alpha value is -1.67. The van der Waals surface area contributed by atoms with Crippen molar-refractivity contribution in [3.8, 4) is 0 Å². The minimum Gasteiger partial charge on any atom is -0.351 e. The van der Waals surface area contributed by atoms with Crippen molar-refractivity contribution in [3.63, 3.8) is 0 Å². The quantitative estimate of drug-likeness (QED) is 0.515. The lowest BCUT2D eigenvalue weighted by Crippen LogP contribution is -2.35. The van der Waals surface area contributed by atoms with Gasteiger partial charge in [0.05, 0.1) is 28.5 Å². The zero-order chi connectivity index (χ0) is 13.9. The van der Waals surface area contributed by atoms with Crippen molar-refractivity contribution in [2.75, 3.05) is 17.7 Å². The first-order valence-corrected chi connectivity index (χ1v) is 7.66. The molecule has 1 aliphatic rings. The van der Waals surface area contributed by atoms with E-state index in [2.05, 4.69) is 15.7 Å². The van der Waals surface area contributed by atoms with Gasteiger partial charge in [0.2, 0.25) is 0 Å². The molecule has 1 aromatic heterocycles. The second-order valence-corrected chi connectivity index (χ2v) is 6.81. The average Bonchev–Trinajstić information content (AvgIpc) is 2.75. The van der Waals surface area contributed by atoms with Crippen LogP contribution in [-0.2, 0) is 9.84 Å². The minimum atomic E-state index is -3.05. The zero-order valence-corrected chi connectivity index (χ0v) is 11.1. The molecule has 0 aromatic carbocycles. The number of pyridine rings is 1. The average molecular weight is 284 g/mol. The number of carbonyl (C=O) groups is 1. The highest BCUT2D eigenvalue weighted by molar-refractivity contribution is 7.92. The third-order valence-electron chi connectivity index (χ3n) is 3.17. The second kappa shape index (κ2) is 5.54. The first-order chi connectivity index (χ1) is 9.04. The molecular formula is C11H16N4O3S. The second-order valence-electron chi connectivity index (χ2n) is 4.41. The molecule has 1 amide bonds. The lowest BCUT2D eigenvalue weighted by molar-refractivity contribution is 0.0954. The number of nitrogen functional groups attached to an aromatic ring is 1. The van der Waals surface area contributed by atoms with Gasteiger partial charge in [-0.25, -0.2) is 8.42 Å². The molecule has 0 saturated carbocycles. The van der Waals surface area contributed by atoms with Gasteiger partial charge >= 0.3 is 0 Å². The fraction of sp³-hybridized carbons (Fsp3) is 0.455. The number of aromatic nitrogens is 1. The number of nitrogens with two attached hydrogens (primary N) is 1. The Kier molecular flexibility index (Phi) is 4.01. The van der Waals surface area contributed by atoms with Crippen LogP contribution >= 0.6 is 0 Å². The van der Waals surface area contributed by atoms with Crippen LogP contribution in [0, 0.1) is 0 Å². The van der Waals surface area contributed by atoms with Gasteiger partial charge in [0, 0.05) is 12.7 Å². The van der Waals surface area contributed by atoms with E-state index in [1.54, 1.807) is 0 Å². The number of carbonyl (C=O) groups excluding carboxylic acids is 1. The topological polar surface area (TPSA) is 114 Å². The lowest BCUT2D eigenvalue weighted by Gasteiger charge is -2.12. The Morgan fingerprint density at radius 3 is 2.95 bits per heavy atom. The van der Waals surface area contributed by atoms with E-state index >= 15 is 0 Å². The van der Waals surface area contributed by atoms with Crippen molar-refractivity contribution in [3.05, 3.63) is 24.0 Å². The highest BCUT2D eigenvalue weighted by atomic mass is 32.2. The Balaban J connectivity index is 2.02. The highest BCUT2D eigenvalue weighted by Gasteiger charge is 2.31. The van der Waals surface area contributed by atoms with Crippen LogP contribution in [0.2, 0.25) is 0 Å². The maximum atomic E-state index is 12.0. The molecule has 4 N–H and O–H groups in total. The van der Waals surface area contributed by atoms with Crippen molar-refractivity contribution in [2.24, 2.45) is 5.84 Å². The molecule has 0 radical (unpaired) electrons. The molecule has 19 heavy (non-hydrogen) atoms. The van der Waals surface area contributed by atoms with Gasteiger partial charge in [-0.3, -0.25) is 15.6 Å². The van der Waals surface area contributed by atoms with Gasteiger partial charge < -0.3 is 10.7 Å². The van der Waals surface area contributed by atoms with Crippen molar-refractivity contribution in [1.82, 2.24) is 10.3 Å². The van der Waals surface area contributed by atoms with E-state index in [1.165, 1.54) is 18.5 Å². The Morgan fingerprint density at radius 2 is 2.32 bits per heavy atom. The number of rotatable bonds is 4. The predicted octanol–water partition coefficient (Wildman–Crippen LogP) is -0.326. The van der Waals surface area contributed by atoms with Crippen LogP contribution in [0.15, 0.2) is 18.5 Å². The molecule has 104 valence electrons. The molecule has 1 saturated heterocycles. The molecular weight excluding hydrogens is 268 g/mol. The van der Waals surface area contributed by atoms with Crippen LogP contribution in [0.5, 0.6) is 0 Å². The molecule has 2 heterocycles. The molecule has 1 aliphatic heterocycles. The van der Waals surface area contributed by atoms with Crippen LogP contribution in [0.25, 0.3) is 0 Å². The lowest BCUT2D eigenvalue weighted by atomic mass is 10.2. The summed E-state index contributed by atoms with van der Waals surface area (Å²) in [5.74, 6) is 5.13. The van der Waals surface area contributed by atoms with Crippen LogP contribution in [-0.4, -0.2) is 36.9 Å². The molecule has 0 spiro atoms. The van der Waals surface area contributed by atoms with Gasteiger partial charge in [0.25, 0.3) is 5.91 Å². The van der Waals surface area contributed by atoms with Gasteiger partial charge in [-0.05, 0) is 18.9 Å². The molecule has 0 aliphatic carbocycles. The highest BCUT2D eigenvalue weighted by Crippen LogP contribution is 2.19. The van der Waals surface area contributed by atoms with Gasteiger partial charge in [0.15, 0.2) is 9.84 Å². The summed E-state index contributed by atoms with van der Waals surface area (Å²) in [6, 6.07) is 1.52. The molecule has 1 aromatic rings. The van der Waals surface area contributed by atoms with E-state index in [9.17, 15) is 13.2 Å². The first-order valence-electron chi connectivity index (χ1n) is 5.95. The van der Waals surface area contributed by atoms with E-state index in [1.807, 2.05) is 0 Å². The number of anilines is 1. The third-order valence-corrected chi connectivity index (χ3v) is 5.45. The summed E-state index contributed by atoms with van der Waals surface area (Å²) in [4.78, 5) is 15.8. The van der Waals surface area contributed by atoms with Crippen molar-refractivity contribution < 1.29 is 13.2 Å². The summed E-state index contributed by atoms with van der Waals surface area (Å²) in [5.41, 5.74) is 3.12. The summed E-state index contributed by atoms with van der Waals surface area (Å²) in [6.07, 6.45) is 4.16. The van der Waals surface area contributed by atoms with Crippen LogP contribution in [0.4, 0.5) is 5.69 Å². The van der Waals surface area contributed by atoms with Gasteiger partial charge in [-0.15, -0.1) is 0 Å². The van der Waals surface area contributed by atoms with Crippen LogP contribution < -0.4 is 16.6 Å². The SMILES string of the molecule is NNc1cnccc1C(=O)NCC1CCCS1(=O)=O. The fourth-order valence-electron chi connectivity index (χ4n) is 2.10. The number of hydrazine groups is 1. The first kappa shape index (κ1) is 13.8. The van der Waals surface area contributed by atoms with E-state index in [0.717, 1.165) is 0 Å². The minimum absolute atomic E-state index is 0.132. The van der Waals surface area contributed by atoms with Crippen LogP contribution in [0.1, 0.15) is 23.2 Å².